The number of pyridine rings is 2. The van der Waals surface area contributed by atoms with E-state index in [-0.39, 0.29) is 0 Å². The number of nitriles is 1. The molecule has 0 aliphatic rings. The molecule has 0 aliphatic carbocycles. The minimum Gasteiger partial charge on any atom is -0.495 e. The lowest BCUT2D eigenvalue weighted by Gasteiger charge is -2.13. The summed E-state index contributed by atoms with van der Waals surface area (Å²) in [5.41, 5.74) is 10.6. The van der Waals surface area contributed by atoms with Gasteiger partial charge in [-0.25, -0.2) is 4.98 Å². The molecule has 0 atom stereocenters. The number of benzene rings is 2. The number of hydrogen-bond donors (Lipinski definition) is 1. The lowest BCUT2D eigenvalue weighted by Crippen LogP contribution is -1.98. The van der Waals surface area contributed by atoms with Gasteiger partial charge in [-0.15, -0.1) is 0 Å². The Morgan fingerprint density at radius 1 is 0.969 bits per heavy atom. The Balaban J connectivity index is 1.65. The summed E-state index contributed by atoms with van der Waals surface area (Å²) < 4.78 is 11.4. The van der Waals surface area contributed by atoms with Crippen LogP contribution in [-0.2, 0) is 0 Å². The van der Waals surface area contributed by atoms with E-state index in [4.69, 9.17) is 15.2 Å². The van der Waals surface area contributed by atoms with Gasteiger partial charge in [0.1, 0.15) is 17.2 Å². The van der Waals surface area contributed by atoms with Crippen molar-refractivity contribution in [1.29, 1.82) is 5.26 Å². The maximum atomic E-state index is 9.33. The third-order valence-electron chi connectivity index (χ3n) is 4.82. The zero-order chi connectivity index (χ0) is 22.5. The van der Waals surface area contributed by atoms with Gasteiger partial charge in [-0.1, -0.05) is 12.6 Å². The smallest absolute Gasteiger partial charge is 0.137 e. The van der Waals surface area contributed by atoms with Crippen LogP contribution in [0.25, 0.3) is 28.1 Å². The molecule has 156 valence electrons. The summed E-state index contributed by atoms with van der Waals surface area (Å²) in [7, 11) is 1.58. The van der Waals surface area contributed by atoms with Gasteiger partial charge in [0.05, 0.1) is 42.0 Å². The van der Waals surface area contributed by atoms with Crippen molar-refractivity contribution in [3.05, 3.63) is 97.0 Å². The highest BCUT2D eigenvalue weighted by Crippen LogP contribution is 2.35. The van der Waals surface area contributed by atoms with Crippen LogP contribution in [0.1, 0.15) is 11.3 Å². The highest BCUT2D eigenvalue weighted by Gasteiger charge is 2.11. The Morgan fingerprint density at radius 2 is 1.78 bits per heavy atom. The van der Waals surface area contributed by atoms with Gasteiger partial charge in [0.25, 0.3) is 0 Å². The Labute approximate surface area is 186 Å². The first-order valence-electron chi connectivity index (χ1n) is 9.81. The van der Waals surface area contributed by atoms with E-state index >= 15 is 0 Å². The summed E-state index contributed by atoms with van der Waals surface area (Å²) in [4.78, 5) is 8.75. The topological polar surface area (TPSA) is 94.1 Å². The maximum Gasteiger partial charge on any atom is 0.137 e. The van der Waals surface area contributed by atoms with Crippen molar-refractivity contribution in [1.82, 2.24) is 9.97 Å². The highest BCUT2D eigenvalue weighted by molar-refractivity contribution is 5.73. The molecule has 0 aliphatic heterocycles. The average Bonchev–Trinajstić information content (AvgIpc) is 2.85. The summed E-state index contributed by atoms with van der Waals surface area (Å²) in [6.07, 6.45) is 3.33. The number of nitrogens with zero attached hydrogens (tertiary/aromatic N) is 3. The minimum absolute atomic E-state index is 0.423. The van der Waals surface area contributed by atoms with Crippen molar-refractivity contribution in [2.45, 2.75) is 0 Å². The normalized spacial score (nSPS) is 10.2. The second-order valence-corrected chi connectivity index (χ2v) is 7.00. The summed E-state index contributed by atoms with van der Waals surface area (Å²) >= 11 is 0. The molecule has 0 unspecified atom stereocenters. The fourth-order valence-electron chi connectivity index (χ4n) is 3.19. The number of aromatic nitrogens is 2. The quantitative estimate of drug-likeness (QED) is 0.448. The van der Waals surface area contributed by atoms with Gasteiger partial charge >= 0.3 is 0 Å². The van der Waals surface area contributed by atoms with Gasteiger partial charge in [-0.05, 0) is 60.7 Å². The minimum atomic E-state index is 0.423. The molecule has 0 radical (unpaired) electrons. The van der Waals surface area contributed by atoms with E-state index in [1.807, 2.05) is 48.5 Å². The summed E-state index contributed by atoms with van der Waals surface area (Å²) in [5.74, 6) is 1.87. The molecule has 2 N–H and O–H groups in total. The van der Waals surface area contributed by atoms with Crippen LogP contribution in [0, 0.1) is 11.3 Å². The van der Waals surface area contributed by atoms with Crippen LogP contribution in [-0.4, -0.2) is 17.1 Å². The number of methoxy groups -OCH3 is 1. The van der Waals surface area contributed by atoms with E-state index in [1.165, 1.54) is 0 Å². The summed E-state index contributed by atoms with van der Waals surface area (Å²) in [6.45, 7) is 3.74. The molecule has 6 nitrogen and oxygen atoms in total. The molecule has 2 aromatic heterocycles. The standard InChI is InChI=1S/C26H20N4O2/c1-17(28)24-4-3-5-25(30-24)19-7-9-21(10-8-19)32-26-11-6-18(14-27)12-23(26)20-13-22(31-2)16-29-15-20/h3-13,15-16H,1,28H2,2H3. The first kappa shape index (κ1) is 20.6. The number of rotatable bonds is 6. The first-order chi connectivity index (χ1) is 15.6. The van der Waals surface area contributed by atoms with Gasteiger partial charge in [0, 0.05) is 22.9 Å². The third-order valence-corrected chi connectivity index (χ3v) is 4.82. The highest BCUT2D eigenvalue weighted by atomic mass is 16.5. The molecule has 0 saturated carbocycles. The number of hydrogen-bond acceptors (Lipinski definition) is 6. The van der Waals surface area contributed by atoms with Crippen LogP contribution in [0.15, 0.2) is 85.7 Å². The average molecular weight is 420 g/mol. The molecule has 0 amide bonds. The Morgan fingerprint density at radius 3 is 2.50 bits per heavy atom. The van der Waals surface area contributed by atoms with E-state index in [0.29, 0.717) is 34.2 Å². The molecule has 32 heavy (non-hydrogen) atoms. The van der Waals surface area contributed by atoms with Crippen molar-refractivity contribution in [3.8, 4) is 45.7 Å². The van der Waals surface area contributed by atoms with Crippen molar-refractivity contribution >= 4 is 5.70 Å². The predicted molar refractivity (Wildman–Crippen MR) is 124 cm³/mol. The molecule has 0 fully saturated rings. The van der Waals surface area contributed by atoms with E-state index in [0.717, 1.165) is 22.4 Å². The molecular weight excluding hydrogens is 400 g/mol. The number of ether oxygens (including phenoxy) is 2. The van der Waals surface area contributed by atoms with E-state index in [9.17, 15) is 5.26 Å². The Kier molecular flexibility index (Phi) is 5.82. The van der Waals surface area contributed by atoms with E-state index in [2.05, 4.69) is 22.6 Å². The molecule has 6 heteroatoms. The zero-order valence-electron chi connectivity index (χ0n) is 17.4. The fourth-order valence-corrected chi connectivity index (χ4v) is 3.19. The van der Waals surface area contributed by atoms with Crippen molar-refractivity contribution in [2.75, 3.05) is 7.11 Å². The molecular formula is C26H20N4O2. The van der Waals surface area contributed by atoms with Gasteiger partial charge in [-0.3, -0.25) is 4.98 Å². The third kappa shape index (κ3) is 4.42. The van der Waals surface area contributed by atoms with E-state index < -0.39 is 0 Å². The molecule has 0 spiro atoms. The van der Waals surface area contributed by atoms with Crippen LogP contribution in [0.4, 0.5) is 0 Å². The summed E-state index contributed by atoms with van der Waals surface area (Å²) in [6, 6.07) is 22.5. The molecule has 4 rings (SSSR count). The Bertz CT molecular complexity index is 1320. The Hall–Kier alpha value is -4.63. The van der Waals surface area contributed by atoms with Gasteiger partial charge in [0.2, 0.25) is 0 Å². The molecule has 2 heterocycles. The van der Waals surface area contributed by atoms with Crippen LogP contribution >= 0.6 is 0 Å². The van der Waals surface area contributed by atoms with Gasteiger partial charge < -0.3 is 15.2 Å². The van der Waals surface area contributed by atoms with Crippen LogP contribution in [0.2, 0.25) is 0 Å². The molecule has 4 aromatic rings. The fraction of sp³-hybridized carbons (Fsp3) is 0.0385. The first-order valence-corrected chi connectivity index (χ1v) is 9.81. The van der Waals surface area contributed by atoms with Crippen LogP contribution in [0.5, 0.6) is 17.2 Å². The van der Waals surface area contributed by atoms with Crippen molar-refractivity contribution in [3.63, 3.8) is 0 Å². The van der Waals surface area contributed by atoms with E-state index in [1.54, 1.807) is 37.7 Å². The lowest BCUT2D eigenvalue weighted by atomic mass is 10.0. The second kappa shape index (κ2) is 9.02. The van der Waals surface area contributed by atoms with Gasteiger partial charge in [-0.2, -0.15) is 5.26 Å². The predicted octanol–water partition coefficient (Wildman–Crippen LogP) is 5.41. The van der Waals surface area contributed by atoms with Gasteiger partial charge in [0.15, 0.2) is 0 Å². The number of nitrogens with two attached hydrogens (primary N) is 1. The van der Waals surface area contributed by atoms with Crippen molar-refractivity contribution < 1.29 is 9.47 Å². The molecule has 2 aromatic carbocycles. The monoisotopic (exact) mass is 420 g/mol. The largest absolute Gasteiger partial charge is 0.495 e. The van der Waals surface area contributed by atoms with Crippen LogP contribution < -0.4 is 15.2 Å². The van der Waals surface area contributed by atoms with Crippen molar-refractivity contribution in [2.24, 2.45) is 5.73 Å². The molecule has 0 bridgehead atoms. The maximum absolute atomic E-state index is 9.33. The molecule has 0 saturated heterocycles. The zero-order valence-corrected chi connectivity index (χ0v) is 17.4. The lowest BCUT2D eigenvalue weighted by molar-refractivity contribution is 0.413. The van der Waals surface area contributed by atoms with Crippen LogP contribution in [0.3, 0.4) is 0 Å². The SMILES string of the molecule is C=C(N)c1cccc(-c2ccc(Oc3ccc(C#N)cc3-c3cncc(OC)c3)cc2)n1. The summed E-state index contributed by atoms with van der Waals surface area (Å²) in [5, 5.41) is 9.33. The second-order valence-electron chi connectivity index (χ2n) is 7.00.